The van der Waals surface area contributed by atoms with Crippen molar-refractivity contribution in [3.8, 4) is 11.1 Å². The summed E-state index contributed by atoms with van der Waals surface area (Å²) < 4.78 is 0. The second kappa shape index (κ2) is 10.1. The number of hydrogen-bond acceptors (Lipinski definition) is 5. The lowest BCUT2D eigenvalue weighted by atomic mass is 9.93. The Labute approximate surface area is 232 Å². The summed E-state index contributed by atoms with van der Waals surface area (Å²) >= 11 is 0. The Kier molecular flexibility index (Phi) is 6.48. The minimum atomic E-state index is -0.505. The first-order chi connectivity index (χ1) is 19.3. The predicted molar refractivity (Wildman–Crippen MR) is 160 cm³/mol. The third-order valence-corrected chi connectivity index (χ3v) is 7.85. The average Bonchev–Trinajstić information content (AvgIpc) is 3.34. The highest BCUT2D eigenvalue weighted by atomic mass is 16.2. The summed E-state index contributed by atoms with van der Waals surface area (Å²) in [6.45, 7) is 7.21. The quantitative estimate of drug-likeness (QED) is 0.287. The van der Waals surface area contributed by atoms with Crippen LogP contribution in [0.4, 0.5) is 11.5 Å². The van der Waals surface area contributed by atoms with E-state index < -0.39 is 5.91 Å². The summed E-state index contributed by atoms with van der Waals surface area (Å²) in [7, 11) is 2.07. The van der Waals surface area contributed by atoms with Crippen LogP contribution < -0.4 is 11.1 Å². The summed E-state index contributed by atoms with van der Waals surface area (Å²) in [5.41, 5.74) is 13.4. The number of H-pyrrole nitrogens is 1. The van der Waals surface area contributed by atoms with E-state index in [2.05, 4.69) is 40.2 Å². The number of hydrogen-bond donors (Lipinski definition) is 3. The molecule has 8 heteroatoms. The van der Waals surface area contributed by atoms with E-state index in [1.54, 1.807) is 6.07 Å². The maximum Gasteiger partial charge on any atom is 0.254 e. The lowest BCUT2D eigenvalue weighted by molar-refractivity contribution is 0.0664. The van der Waals surface area contributed by atoms with E-state index in [-0.39, 0.29) is 5.91 Å². The van der Waals surface area contributed by atoms with Crippen molar-refractivity contribution < 1.29 is 9.59 Å². The number of piperazine rings is 1. The van der Waals surface area contributed by atoms with E-state index in [0.717, 1.165) is 63.1 Å². The third kappa shape index (κ3) is 4.56. The minimum Gasteiger partial charge on any atom is -0.366 e. The topological polar surface area (TPSA) is 107 Å². The molecule has 0 radical (unpaired) electrons. The first-order valence-corrected chi connectivity index (χ1v) is 13.5. The number of benzene rings is 3. The van der Waals surface area contributed by atoms with Crippen molar-refractivity contribution in [1.29, 1.82) is 0 Å². The van der Waals surface area contributed by atoms with Gasteiger partial charge in [0.25, 0.3) is 11.8 Å². The minimum absolute atomic E-state index is 0.0170. The van der Waals surface area contributed by atoms with Gasteiger partial charge in [-0.05, 0) is 73.5 Å². The van der Waals surface area contributed by atoms with E-state index >= 15 is 0 Å². The van der Waals surface area contributed by atoms with E-state index in [4.69, 9.17) is 5.73 Å². The van der Waals surface area contributed by atoms with Crippen molar-refractivity contribution in [3.05, 3.63) is 89.1 Å². The molecule has 0 bridgehead atoms. The fourth-order valence-electron chi connectivity index (χ4n) is 5.51. The van der Waals surface area contributed by atoms with Crippen molar-refractivity contribution in [3.63, 3.8) is 0 Å². The molecule has 1 saturated heterocycles. The Balaban J connectivity index is 1.46. The fraction of sp³-hybridized carbons (Fsp3) is 0.219. The number of anilines is 2. The van der Waals surface area contributed by atoms with Crippen LogP contribution in [0.15, 0.2) is 66.9 Å². The number of carbonyl (C=O) groups excluding carboxylic acids is 2. The van der Waals surface area contributed by atoms with Gasteiger partial charge in [0.1, 0.15) is 5.82 Å². The van der Waals surface area contributed by atoms with Crippen LogP contribution in [0.25, 0.3) is 32.9 Å². The molecule has 4 N–H and O–H groups in total. The van der Waals surface area contributed by atoms with Gasteiger partial charge in [-0.25, -0.2) is 4.98 Å². The van der Waals surface area contributed by atoms with E-state index in [1.807, 2.05) is 66.6 Å². The molecule has 1 aliphatic rings. The number of carbonyl (C=O) groups is 2. The Hall–Kier alpha value is -4.69. The van der Waals surface area contributed by atoms with Crippen LogP contribution in [0.1, 0.15) is 31.8 Å². The summed E-state index contributed by atoms with van der Waals surface area (Å²) in [5.74, 6) is 0.280. The van der Waals surface area contributed by atoms with E-state index in [1.165, 1.54) is 0 Å². The molecule has 1 aliphatic heterocycles. The molecule has 0 saturated carbocycles. The molecule has 5 aromatic rings. The van der Waals surface area contributed by atoms with E-state index in [0.29, 0.717) is 29.7 Å². The van der Waals surface area contributed by atoms with Gasteiger partial charge in [-0.3, -0.25) is 9.59 Å². The van der Waals surface area contributed by atoms with Gasteiger partial charge >= 0.3 is 0 Å². The number of nitrogens with two attached hydrogens (primary N) is 1. The van der Waals surface area contributed by atoms with Crippen LogP contribution in [0, 0.1) is 13.8 Å². The number of rotatable bonds is 5. The number of nitrogens with one attached hydrogen (secondary N) is 2. The van der Waals surface area contributed by atoms with Crippen LogP contribution in [0.2, 0.25) is 0 Å². The zero-order chi connectivity index (χ0) is 28.0. The summed E-state index contributed by atoms with van der Waals surface area (Å²) in [6.07, 6.45) is 1.84. The summed E-state index contributed by atoms with van der Waals surface area (Å²) in [6, 6.07) is 19.6. The number of aromatic nitrogens is 2. The Bertz CT molecular complexity index is 1760. The number of pyridine rings is 1. The third-order valence-electron chi connectivity index (χ3n) is 7.85. The Morgan fingerprint density at radius 3 is 2.48 bits per heavy atom. The molecule has 3 aromatic carbocycles. The number of primary amides is 1. The summed E-state index contributed by atoms with van der Waals surface area (Å²) in [4.78, 5) is 37.7. The van der Waals surface area contributed by atoms with Gasteiger partial charge in [0.2, 0.25) is 0 Å². The Morgan fingerprint density at radius 2 is 1.75 bits per heavy atom. The summed E-state index contributed by atoms with van der Waals surface area (Å²) in [5, 5.41) is 5.27. The molecule has 0 atom stereocenters. The van der Waals surface area contributed by atoms with Crippen LogP contribution >= 0.6 is 0 Å². The van der Waals surface area contributed by atoms with Crippen molar-refractivity contribution in [1.82, 2.24) is 19.8 Å². The van der Waals surface area contributed by atoms with Gasteiger partial charge in [0.15, 0.2) is 0 Å². The molecular weight excluding hydrogens is 500 g/mol. The highest BCUT2D eigenvalue weighted by molar-refractivity contribution is 6.20. The van der Waals surface area contributed by atoms with Gasteiger partial charge in [-0.2, -0.15) is 0 Å². The van der Waals surface area contributed by atoms with Crippen LogP contribution in [0.5, 0.6) is 0 Å². The molecule has 3 heterocycles. The SMILES string of the molecule is Cc1ccc(Nc2cccc(-c3ccc(C(N)=O)c4[nH]c5cc(C(=O)N6CCN(C)CC6)ccc5c34)c2C)nc1. The smallest absolute Gasteiger partial charge is 0.254 e. The monoisotopic (exact) mass is 532 g/mol. The highest BCUT2D eigenvalue weighted by Crippen LogP contribution is 2.39. The van der Waals surface area contributed by atoms with Gasteiger partial charge in [0.05, 0.1) is 11.1 Å². The maximum atomic E-state index is 13.3. The van der Waals surface area contributed by atoms with E-state index in [9.17, 15) is 9.59 Å². The molecule has 8 nitrogen and oxygen atoms in total. The number of fused-ring (bicyclic) bond motifs is 3. The molecule has 202 valence electrons. The molecule has 0 unspecified atom stereocenters. The molecule has 0 aliphatic carbocycles. The van der Waals surface area contributed by atoms with Gasteiger partial charge < -0.3 is 25.8 Å². The van der Waals surface area contributed by atoms with Gasteiger partial charge in [0, 0.05) is 59.9 Å². The molecule has 6 rings (SSSR count). The second-order valence-corrected chi connectivity index (χ2v) is 10.6. The normalized spacial score (nSPS) is 14.1. The predicted octanol–water partition coefficient (Wildman–Crippen LogP) is 5.23. The Morgan fingerprint density at radius 1 is 0.950 bits per heavy atom. The van der Waals surface area contributed by atoms with Crippen molar-refractivity contribution >= 4 is 45.1 Å². The fourth-order valence-corrected chi connectivity index (χ4v) is 5.51. The largest absolute Gasteiger partial charge is 0.366 e. The molecule has 1 fully saturated rings. The number of nitrogens with zero attached hydrogens (tertiary/aromatic N) is 3. The number of likely N-dealkylation sites (N-methyl/N-ethyl adjacent to an activating group) is 1. The number of amides is 2. The lowest BCUT2D eigenvalue weighted by Gasteiger charge is -2.32. The van der Waals surface area contributed by atoms with Crippen molar-refractivity contribution in [2.45, 2.75) is 13.8 Å². The van der Waals surface area contributed by atoms with Gasteiger partial charge in [-0.1, -0.05) is 30.3 Å². The van der Waals surface area contributed by atoms with Gasteiger partial charge in [-0.15, -0.1) is 0 Å². The zero-order valence-corrected chi connectivity index (χ0v) is 22.9. The van der Waals surface area contributed by atoms with Crippen LogP contribution in [0.3, 0.4) is 0 Å². The first-order valence-electron chi connectivity index (χ1n) is 13.5. The standard InChI is InChI=1S/C32H32N6O2/c1-19-7-12-28(34-18-19)35-26-6-4-5-22(20(26)2)23-10-11-25(31(33)39)30-29(23)24-9-8-21(17-27(24)36-30)32(40)38-15-13-37(3)14-16-38/h4-12,17-18,36H,13-16H2,1-3H3,(H2,33,39)(H,34,35). The van der Waals surface area contributed by atoms with Crippen LogP contribution in [-0.4, -0.2) is 64.8 Å². The molecule has 2 aromatic heterocycles. The number of aryl methyl sites for hydroxylation is 1. The molecule has 0 spiro atoms. The zero-order valence-electron chi connectivity index (χ0n) is 22.9. The highest BCUT2D eigenvalue weighted by Gasteiger charge is 2.23. The number of aromatic amines is 1. The van der Waals surface area contributed by atoms with Crippen molar-refractivity contribution in [2.24, 2.45) is 5.73 Å². The van der Waals surface area contributed by atoms with Crippen molar-refractivity contribution in [2.75, 3.05) is 38.5 Å². The molecule has 2 amide bonds. The second-order valence-electron chi connectivity index (χ2n) is 10.6. The average molecular weight is 533 g/mol. The lowest BCUT2D eigenvalue weighted by Crippen LogP contribution is -2.47. The first kappa shape index (κ1) is 25.6. The van der Waals surface area contributed by atoms with Crippen LogP contribution in [-0.2, 0) is 0 Å². The maximum absolute atomic E-state index is 13.3. The molecular formula is C32H32N6O2. The molecule has 40 heavy (non-hydrogen) atoms.